The third-order valence-electron chi connectivity index (χ3n) is 1.76. The molecular formula is C9H8ClN3O4. The maximum atomic E-state index is 10.9. The Hall–Kier alpha value is -2.15. The lowest BCUT2D eigenvalue weighted by Gasteiger charge is -2.06. The number of pyridine rings is 1. The molecule has 1 rings (SSSR count). The summed E-state index contributed by atoms with van der Waals surface area (Å²) in [5.41, 5.74) is -0.685. The van der Waals surface area contributed by atoms with Crippen molar-refractivity contribution in [1.29, 1.82) is 0 Å². The summed E-state index contributed by atoms with van der Waals surface area (Å²) in [5.74, 6) is -1.31. The number of carbonyl (C=O) groups is 1. The second-order valence-corrected chi connectivity index (χ2v) is 3.56. The van der Waals surface area contributed by atoms with Crippen molar-refractivity contribution in [2.75, 3.05) is 11.9 Å². The van der Waals surface area contributed by atoms with Crippen molar-refractivity contribution in [3.05, 3.63) is 39.6 Å². The van der Waals surface area contributed by atoms with E-state index in [4.69, 9.17) is 16.7 Å². The van der Waals surface area contributed by atoms with Gasteiger partial charge in [0.15, 0.2) is 0 Å². The van der Waals surface area contributed by atoms with E-state index in [0.29, 0.717) is 0 Å². The van der Waals surface area contributed by atoms with Crippen molar-refractivity contribution in [2.45, 2.75) is 0 Å². The molecule has 0 spiro atoms. The average molecular weight is 258 g/mol. The molecule has 0 aromatic carbocycles. The van der Waals surface area contributed by atoms with Crippen molar-refractivity contribution in [3.8, 4) is 0 Å². The van der Waals surface area contributed by atoms with Gasteiger partial charge in [-0.1, -0.05) is 18.2 Å². The first kappa shape index (κ1) is 12.9. The van der Waals surface area contributed by atoms with Gasteiger partial charge >= 0.3 is 5.97 Å². The molecule has 0 fully saturated rings. The second kappa shape index (κ2) is 5.26. The first-order chi connectivity index (χ1) is 7.91. The number of nitrogens with one attached hydrogen (secondary N) is 1. The zero-order chi connectivity index (χ0) is 13.0. The molecule has 0 amide bonds. The second-order valence-electron chi connectivity index (χ2n) is 3.02. The summed E-state index contributed by atoms with van der Waals surface area (Å²) in [6, 6.07) is 0.925. The Morgan fingerprint density at radius 3 is 2.82 bits per heavy atom. The molecule has 90 valence electrons. The van der Waals surface area contributed by atoms with Crippen LogP contribution in [-0.2, 0) is 0 Å². The molecule has 0 unspecified atom stereocenters. The van der Waals surface area contributed by atoms with Crippen LogP contribution in [0.5, 0.6) is 0 Å². The molecule has 0 bridgehead atoms. The van der Waals surface area contributed by atoms with Gasteiger partial charge in [0.2, 0.25) is 0 Å². The number of nitro groups is 1. The van der Waals surface area contributed by atoms with E-state index in [1.807, 2.05) is 0 Å². The Balaban J connectivity index is 3.08. The van der Waals surface area contributed by atoms with Crippen molar-refractivity contribution in [3.63, 3.8) is 0 Å². The van der Waals surface area contributed by atoms with E-state index in [2.05, 4.69) is 16.9 Å². The van der Waals surface area contributed by atoms with Crippen LogP contribution in [0.4, 0.5) is 11.5 Å². The molecule has 0 atom stereocenters. The van der Waals surface area contributed by atoms with Crippen LogP contribution in [-0.4, -0.2) is 27.5 Å². The van der Waals surface area contributed by atoms with Gasteiger partial charge in [-0.05, 0) is 0 Å². The number of anilines is 1. The van der Waals surface area contributed by atoms with Gasteiger partial charge in [0.05, 0.1) is 11.5 Å². The quantitative estimate of drug-likeness (QED) is 0.616. The summed E-state index contributed by atoms with van der Waals surface area (Å²) < 4.78 is 0. The van der Waals surface area contributed by atoms with Gasteiger partial charge in [-0.15, -0.1) is 0 Å². The predicted octanol–water partition coefficient (Wildman–Crippen LogP) is 1.85. The van der Waals surface area contributed by atoms with Crippen LogP contribution < -0.4 is 5.32 Å². The van der Waals surface area contributed by atoms with Crippen LogP contribution in [0.2, 0.25) is 0 Å². The zero-order valence-corrected chi connectivity index (χ0v) is 9.27. The molecule has 1 heterocycles. The minimum atomic E-state index is -1.32. The lowest BCUT2D eigenvalue weighted by Crippen LogP contribution is -2.10. The van der Waals surface area contributed by atoms with E-state index in [9.17, 15) is 14.9 Å². The van der Waals surface area contributed by atoms with Gasteiger partial charge in [0, 0.05) is 11.1 Å². The number of rotatable bonds is 5. The molecule has 0 aliphatic rings. The number of hydrogen-bond acceptors (Lipinski definition) is 5. The lowest BCUT2D eigenvalue weighted by atomic mass is 10.2. The first-order valence-corrected chi connectivity index (χ1v) is 4.74. The standard InChI is InChI=1S/C9H8ClN3O4/c1-5(10)3-11-8-7(9(14)15)2-6(4-12-8)13(16)17/h2,4H,1,3H2,(H,11,12)(H,14,15). The van der Waals surface area contributed by atoms with E-state index in [-0.39, 0.29) is 23.0 Å². The van der Waals surface area contributed by atoms with Crippen LogP contribution in [0.3, 0.4) is 0 Å². The Labute approximate surface area is 101 Å². The first-order valence-electron chi connectivity index (χ1n) is 4.36. The summed E-state index contributed by atoms with van der Waals surface area (Å²) in [5, 5.41) is 22.2. The van der Waals surface area contributed by atoms with Crippen molar-refractivity contribution < 1.29 is 14.8 Å². The minimum Gasteiger partial charge on any atom is -0.478 e. The van der Waals surface area contributed by atoms with Crippen LogP contribution in [0.15, 0.2) is 23.9 Å². The van der Waals surface area contributed by atoms with Gasteiger partial charge < -0.3 is 10.4 Å². The molecule has 0 saturated carbocycles. The smallest absolute Gasteiger partial charge is 0.339 e. The monoisotopic (exact) mass is 257 g/mol. The van der Waals surface area contributed by atoms with Gasteiger partial charge in [-0.3, -0.25) is 10.1 Å². The van der Waals surface area contributed by atoms with E-state index in [0.717, 1.165) is 12.3 Å². The third kappa shape index (κ3) is 3.42. The molecule has 2 N–H and O–H groups in total. The number of aromatic nitrogens is 1. The molecule has 0 aliphatic heterocycles. The molecule has 17 heavy (non-hydrogen) atoms. The Kier molecular flexibility index (Phi) is 4.00. The molecule has 0 aliphatic carbocycles. The summed E-state index contributed by atoms with van der Waals surface area (Å²) in [6.07, 6.45) is 0.964. The molecule has 1 aromatic rings. The van der Waals surface area contributed by atoms with E-state index < -0.39 is 16.6 Å². The molecule has 0 radical (unpaired) electrons. The average Bonchev–Trinajstić information content (AvgIpc) is 2.25. The Bertz CT molecular complexity index is 489. The predicted molar refractivity (Wildman–Crippen MR) is 61.3 cm³/mol. The maximum absolute atomic E-state index is 10.9. The Morgan fingerprint density at radius 1 is 1.71 bits per heavy atom. The van der Waals surface area contributed by atoms with E-state index in [1.165, 1.54) is 0 Å². The third-order valence-corrected chi connectivity index (χ3v) is 1.90. The van der Waals surface area contributed by atoms with Crippen molar-refractivity contribution >= 4 is 29.1 Å². The molecular weight excluding hydrogens is 250 g/mol. The van der Waals surface area contributed by atoms with Gasteiger partial charge in [-0.25, -0.2) is 9.78 Å². The van der Waals surface area contributed by atoms with Gasteiger partial charge in [0.1, 0.15) is 17.6 Å². The molecule has 0 saturated heterocycles. The summed E-state index contributed by atoms with van der Waals surface area (Å²) in [4.78, 5) is 24.3. The van der Waals surface area contributed by atoms with Crippen molar-refractivity contribution in [2.24, 2.45) is 0 Å². The number of nitrogens with zero attached hydrogens (tertiary/aromatic N) is 2. The van der Waals surface area contributed by atoms with Crippen LogP contribution >= 0.6 is 11.6 Å². The fourth-order valence-corrected chi connectivity index (χ4v) is 1.10. The summed E-state index contributed by atoms with van der Waals surface area (Å²) in [6.45, 7) is 3.53. The fourth-order valence-electron chi connectivity index (χ4n) is 1.04. The molecule has 7 nitrogen and oxygen atoms in total. The lowest BCUT2D eigenvalue weighted by molar-refractivity contribution is -0.385. The van der Waals surface area contributed by atoms with Gasteiger partial charge in [0.25, 0.3) is 5.69 Å². The number of halogens is 1. The summed E-state index contributed by atoms with van der Waals surface area (Å²) in [7, 11) is 0. The minimum absolute atomic E-state index is 0.00454. The number of carboxylic acid groups (broad SMARTS) is 1. The van der Waals surface area contributed by atoms with Crippen molar-refractivity contribution in [1.82, 2.24) is 4.98 Å². The highest BCUT2D eigenvalue weighted by molar-refractivity contribution is 6.29. The highest BCUT2D eigenvalue weighted by Gasteiger charge is 2.17. The molecule has 1 aromatic heterocycles. The SMILES string of the molecule is C=C(Cl)CNc1ncc([N+](=O)[O-])cc1C(=O)O. The fraction of sp³-hybridized carbons (Fsp3) is 0.111. The summed E-state index contributed by atoms with van der Waals surface area (Å²) >= 11 is 5.50. The normalized spacial score (nSPS) is 9.71. The number of aromatic carboxylic acids is 1. The number of hydrogen-bond donors (Lipinski definition) is 2. The largest absolute Gasteiger partial charge is 0.478 e. The van der Waals surface area contributed by atoms with E-state index >= 15 is 0 Å². The van der Waals surface area contributed by atoms with Gasteiger partial charge in [-0.2, -0.15) is 0 Å². The Morgan fingerprint density at radius 2 is 2.35 bits per heavy atom. The highest BCUT2D eigenvalue weighted by Crippen LogP contribution is 2.19. The topological polar surface area (TPSA) is 105 Å². The highest BCUT2D eigenvalue weighted by atomic mass is 35.5. The zero-order valence-electron chi connectivity index (χ0n) is 8.51. The van der Waals surface area contributed by atoms with Crippen LogP contribution in [0.25, 0.3) is 0 Å². The number of carboxylic acids is 1. The maximum Gasteiger partial charge on any atom is 0.339 e. The van der Waals surface area contributed by atoms with E-state index in [1.54, 1.807) is 0 Å². The van der Waals surface area contributed by atoms with Crippen LogP contribution in [0, 0.1) is 10.1 Å². The molecule has 8 heteroatoms. The van der Waals surface area contributed by atoms with Crippen LogP contribution in [0.1, 0.15) is 10.4 Å².